The van der Waals surface area contributed by atoms with Crippen molar-refractivity contribution in [3.63, 3.8) is 0 Å². The zero-order valence-electron chi connectivity index (χ0n) is 15.0. The lowest BCUT2D eigenvalue weighted by atomic mass is 10.1. The van der Waals surface area contributed by atoms with Crippen LogP contribution in [-0.4, -0.2) is 20.5 Å². The first kappa shape index (κ1) is 17.1. The maximum atomic E-state index is 12.9. The summed E-state index contributed by atoms with van der Waals surface area (Å²) in [6.07, 6.45) is 0. The number of benzene rings is 2. The summed E-state index contributed by atoms with van der Waals surface area (Å²) >= 11 is 0. The molecular weight excluding hydrogens is 340 g/mol. The van der Waals surface area contributed by atoms with Crippen molar-refractivity contribution < 1.29 is 9.90 Å². The zero-order chi connectivity index (χ0) is 19.0. The van der Waals surface area contributed by atoms with E-state index in [1.807, 2.05) is 67.6 Å². The summed E-state index contributed by atoms with van der Waals surface area (Å²) in [4.78, 5) is 27.1. The van der Waals surface area contributed by atoms with Crippen molar-refractivity contribution in [1.82, 2.24) is 9.47 Å². The lowest BCUT2D eigenvalue weighted by molar-refractivity contribution is 0.0722. The van der Waals surface area contributed by atoms with E-state index in [-0.39, 0.29) is 29.9 Å². The molecule has 0 bridgehead atoms. The summed E-state index contributed by atoms with van der Waals surface area (Å²) < 4.78 is 1.32. The molecule has 1 amide bonds. The lowest BCUT2D eigenvalue weighted by Crippen LogP contribution is -2.26. The largest absolute Gasteiger partial charge is 0.494 e. The lowest BCUT2D eigenvalue weighted by Gasteiger charge is -2.22. The minimum atomic E-state index is -0.378. The Labute approximate surface area is 157 Å². The fourth-order valence-electron chi connectivity index (χ4n) is 3.63. The number of carbonyl (C=O) groups is 1. The van der Waals surface area contributed by atoms with E-state index in [1.165, 1.54) is 10.6 Å². The van der Waals surface area contributed by atoms with E-state index >= 15 is 0 Å². The Bertz CT molecular complexity index is 1040. The number of aromatic nitrogens is 1. The van der Waals surface area contributed by atoms with Crippen LogP contribution in [0.5, 0.6) is 5.88 Å². The van der Waals surface area contributed by atoms with Gasteiger partial charge >= 0.3 is 0 Å². The Morgan fingerprint density at radius 3 is 2.04 bits per heavy atom. The standard InChI is InChI=1S/C22H20N2O3/c1-15-20-18(21(26)23(15)13-16-8-4-2-5-9-16)12-19(25)24(22(20)27)14-17-10-6-3-7-11-17/h2-12,15,27H,13-14H2,1H3/t15-/m1/s1. The Morgan fingerprint density at radius 2 is 1.44 bits per heavy atom. The van der Waals surface area contributed by atoms with Crippen molar-refractivity contribution in [2.45, 2.75) is 26.1 Å². The van der Waals surface area contributed by atoms with Gasteiger partial charge in [0.2, 0.25) is 0 Å². The third-order valence-corrected chi connectivity index (χ3v) is 5.08. The van der Waals surface area contributed by atoms with Gasteiger partial charge in [0.05, 0.1) is 18.2 Å². The molecule has 0 saturated heterocycles. The molecule has 27 heavy (non-hydrogen) atoms. The average Bonchev–Trinajstić information content (AvgIpc) is 2.91. The van der Waals surface area contributed by atoms with E-state index < -0.39 is 0 Å². The van der Waals surface area contributed by atoms with Gasteiger partial charge in [-0.25, -0.2) is 0 Å². The second kappa shape index (κ2) is 6.76. The average molecular weight is 360 g/mol. The van der Waals surface area contributed by atoms with E-state index in [2.05, 4.69) is 0 Å². The molecule has 1 aliphatic rings. The fraction of sp³-hybridized carbons (Fsp3) is 0.182. The first-order valence-corrected chi connectivity index (χ1v) is 8.92. The van der Waals surface area contributed by atoms with Crippen molar-refractivity contribution in [2.75, 3.05) is 0 Å². The number of pyridine rings is 1. The molecule has 1 N–H and O–H groups in total. The van der Waals surface area contributed by atoms with Gasteiger partial charge in [-0.1, -0.05) is 60.7 Å². The number of hydrogen-bond acceptors (Lipinski definition) is 3. The van der Waals surface area contributed by atoms with Crippen LogP contribution in [0.3, 0.4) is 0 Å². The van der Waals surface area contributed by atoms with Gasteiger partial charge in [0, 0.05) is 18.2 Å². The minimum absolute atomic E-state index is 0.127. The number of fused-ring (bicyclic) bond motifs is 1. The molecular formula is C22H20N2O3. The number of carbonyl (C=O) groups excluding carboxylic acids is 1. The summed E-state index contributed by atoms with van der Waals surface area (Å²) in [6, 6.07) is 20.2. The van der Waals surface area contributed by atoms with Crippen LogP contribution in [-0.2, 0) is 13.1 Å². The molecule has 0 radical (unpaired) electrons. The second-order valence-electron chi connectivity index (χ2n) is 6.80. The summed E-state index contributed by atoms with van der Waals surface area (Å²) in [5.74, 6) is -0.349. The Morgan fingerprint density at radius 1 is 0.889 bits per heavy atom. The van der Waals surface area contributed by atoms with Gasteiger partial charge in [0.1, 0.15) is 0 Å². The van der Waals surface area contributed by atoms with Gasteiger partial charge in [-0.15, -0.1) is 0 Å². The third kappa shape index (κ3) is 3.01. The van der Waals surface area contributed by atoms with Crippen LogP contribution in [0.2, 0.25) is 0 Å². The summed E-state index contributed by atoms with van der Waals surface area (Å²) in [5.41, 5.74) is 2.35. The molecule has 0 fully saturated rings. The van der Waals surface area contributed by atoms with Crippen molar-refractivity contribution in [2.24, 2.45) is 0 Å². The fourth-order valence-corrected chi connectivity index (χ4v) is 3.63. The molecule has 0 unspecified atom stereocenters. The highest BCUT2D eigenvalue weighted by molar-refractivity contribution is 5.99. The molecule has 3 aromatic rings. The van der Waals surface area contributed by atoms with E-state index in [4.69, 9.17) is 0 Å². The van der Waals surface area contributed by atoms with E-state index in [9.17, 15) is 14.7 Å². The molecule has 0 aliphatic carbocycles. The van der Waals surface area contributed by atoms with E-state index in [0.717, 1.165) is 11.1 Å². The van der Waals surface area contributed by atoms with E-state index in [1.54, 1.807) is 4.90 Å². The van der Waals surface area contributed by atoms with Gasteiger partial charge in [0.15, 0.2) is 5.88 Å². The van der Waals surface area contributed by atoms with Gasteiger partial charge in [-0.05, 0) is 18.1 Å². The number of nitrogens with zero attached hydrogens (tertiary/aromatic N) is 2. The summed E-state index contributed by atoms with van der Waals surface area (Å²) in [7, 11) is 0. The topological polar surface area (TPSA) is 62.5 Å². The van der Waals surface area contributed by atoms with Crippen molar-refractivity contribution >= 4 is 5.91 Å². The first-order chi connectivity index (χ1) is 13.1. The van der Waals surface area contributed by atoms with Crippen LogP contribution in [0.25, 0.3) is 0 Å². The van der Waals surface area contributed by atoms with Crippen molar-refractivity contribution in [3.8, 4) is 5.88 Å². The quantitative estimate of drug-likeness (QED) is 0.776. The predicted octanol–water partition coefficient (Wildman–Crippen LogP) is 3.32. The molecule has 1 atom stereocenters. The molecule has 1 aromatic heterocycles. The molecule has 0 spiro atoms. The van der Waals surface area contributed by atoms with Crippen LogP contribution in [0, 0.1) is 0 Å². The van der Waals surface area contributed by atoms with Gasteiger partial charge in [-0.2, -0.15) is 0 Å². The molecule has 1 aliphatic heterocycles. The second-order valence-corrected chi connectivity index (χ2v) is 6.80. The monoisotopic (exact) mass is 360 g/mol. The Kier molecular flexibility index (Phi) is 4.28. The Balaban J connectivity index is 1.72. The number of amides is 1. The highest BCUT2D eigenvalue weighted by Gasteiger charge is 2.37. The molecule has 0 saturated carbocycles. The van der Waals surface area contributed by atoms with Crippen LogP contribution in [0.4, 0.5) is 0 Å². The summed E-state index contributed by atoms with van der Waals surface area (Å²) in [5, 5.41) is 10.8. The molecule has 5 heteroatoms. The molecule has 5 nitrogen and oxygen atoms in total. The molecule has 136 valence electrons. The van der Waals surface area contributed by atoms with E-state index in [0.29, 0.717) is 17.7 Å². The van der Waals surface area contributed by atoms with Crippen molar-refractivity contribution in [3.05, 3.63) is 99.3 Å². The predicted molar refractivity (Wildman–Crippen MR) is 103 cm³/mol. The highest BCUT2D eigenvalue weighted by atomic mass is 16.3. The minimum Gasteiger partial charge on any atom is -0.494 e. The smallest absolute Gasteiger partial charge is 0.255 e. The first-order valence-electron chi connectivity index (χ1n) is 8.92. The zero-order valence-corrected chi connectivity index (χ0v) is 15.0. The van der Waals surface area contributed by atoms with Gasteiger partial charge in [0.25, 0.3) is 11.5 Å². The SMILES string of the molecule is C[C@@H]1c2c(cc(=O)n(Cc3ccccc3)c2O)C(=O)N1Cc1ccccc1. The van der Waals surface area contributed by atoms with Crippen LogP contribution < -0.4 is 5.56 Å². The van der Waals surface area contributed by atoms with Crippen molar-refractivity contribution in [1.29, 1.82) is 0 Å². The van der Waals surface area contributed by atoms with Gasteiger partial charge < -0.3 is 10.0 Å². The van der Waals surface area contributed by atoms with Crippen LogP contribution in [0.1, 0.15) is 40.0 Å². The Hall–Kier alpha value is -3.34. The third-order valence-electron chi connectivity index (χ3n) is 5.08. The number of aromatic hydroxyl groups is 1. The number of rotatable bonds is 4. The molecule has 2 aromatic carbocycles. The number of hydrogen-bond donors (Lipinski definition) is 1. The van der Waals surface area contributed by atoms with Crippen LogP contribution >= 0.6 is 0 Å². The summed E-state index contributed by atoms with van der Waals surface area (Å²) in [6.45, 7) is 2.57. The maximum absolute atomic E-state index is 12.9. The molecule has 2 heterocycles. The highest BCUT2D eigenvalue weighted by Crippen LogP contribution is 2.38. The normalized spacial score (nSPS) is 15.8. The van der Waals surface area contributed by atoms with Crippen LogP contribution in [0.15, 0.2) is 71.5 Å². The van der Waals surface area contributed by atoms with Gasteiger partial charge in [-0.3, -0.25) is 14.2 Å². The maximum Gasteiger partial charge on any atom is 0.255 e. The molecule has 4 rings (SSSR count).